The lowest BCUT2D eigenvalue weighted by atomic mass is 10.3. The van der Waals surface area contributed by atoms with E-state index in [0.29, 0.717) is 5.01 Å². The molecule has 0 saturated heterocycles. The zero-order chi connectivity index (χ0) is 9.97. The Labute approximate surface area is 85.5 Å². The number of carbonyl (C=O) groups excluding carboxylic acids is 1. The molecule has 2 aromatic rings. The first kappa shape index (κ1) is 9.02. The van der Waals surface area contributed by atoms with Crippen LogP contribution in [0.2, 0.25) is 0 Å². The second-order valence-corrected chi connectivity index (χ2v) is 3.91. The first-order valence-corrected chi connectivity index (χ1v) is 4.96. The summed E-state index contributed by atoms with van der Waals surface area (Å²) in [5, 5.41) is 0.489. The molecule has 0 aliphatic rings. The Morgan fingerprint density at radius 3 is 2.93 bits per heavy atom. The summed E-state index contributed by atoms with van der Waals surface area (Å²) in [6, 6.07) is 5.79. The molecule has 2 heterocycles. The number of nitrogens with zero attached hydrogens (tertiary/aromatic N) is 2. The van der Waals surface area contributed by atoms with Crippen molar-refractivity contribution in [2.45, 2.75) is 6.92 Å². The fraction of sp³-hybridized carbons (Fsp3) is 0.100. The standard InChI is InChI=1S/C10H8N2OS/c1-7-3-2-4-8(12-7)9-5-11-10(6-13)14-9/h2-6H,1H3. The monoisotopic (exact) mass is 204 g/mol. The summed E-state index contributed by atoms with van der Waals surface area (Å²) in [4.78, 5) is 19.7. The molecule has 0 N–H and O–H groups in total. The Kier molecular flexibility index (Phi) is 2.37. The molecule has 4 heteroatoms. The van der Waals surface area contributed by atoms with Gasteiger partial charge in [0.2, 0.25) is 0 Å². The Hall–Kier alpha value is -1.55. The molecule has 0 aliphatic heterocycles. The van der Waals surface area contributed by atoms with Crippen LogP contribution in [0, 0.1) is 6.92 Å². The quantitative estimate of drug-likeness (QED) is 0.705. The molecule has 2 aromatic heterocycles. The molecule has 0 fully saturated rings. The largest absolute Gasteiger partial charge is 0.295 e. The van der Waals surface area contributed by atoms with Crippen LogP contribution in [0.1, 0.15) is 15.5 Å². The van der Waals surface area contributed by atoms with Gasteiger partial charge in [-0.25, -0.2) is 4.98 Å². The van der Waals surface area contributed by atoms with Crippen molar-refractivity contribution in [2.24, 2.45) is 0 Å². The molecule has 0 aliphatic carbocycles. The maximum atomic E-state index is 10.4. The van der Waals surface area contributed by atoms with Gasteiger partial charge in [0.25, 0.3) is 0 Å². The van der Waals surface area contributed by atoms with Gasteiger partial charge in [-0.2, -0.15) is 0 Å². The summed E-state index contributed by atoms with van der Waals surface area (Å²) in [6.45, 7) is 1.94. The molecule has 3 nitrogen and oxygen atoms in total. The van der Waals surface area contributed by atoms with Crippen molar-refractivity contribution >= 4 is 17.6 Å². The lowest BCUT2D eigenvalue weighted by Gasteiger charge is -1.95. The summed E-state index contributed by atoms with van der Waals surface area (Å²) in [7, 11) is 0. The number of aromatic nitrogens is 2. The molecule has 0 atom stereocenters. The van der Waals surface area contributed by atoms with Crippen LogP contribution < -0.4 is 0 Å². The molecule has 14 heavy (non-hydrogen) atoms. The van der Waals surface area contributed by atoms with Crippen LogP contribution >= 0.6 is 11.3 Å². The van der Waals surface area contributed by atoms with Crippen molar-refractivity contribution in [3.8, 4) is 10.6 Å². The molecule has 0 saturated carbocycles. The van der Waals surface area contributed by atoms with Gasteiger partial charge in [-0.3, -0.25) is 9.78 Å². The molecule has 0 bridgehead atoms. The topological polar surface area (TPSA) is 42.9 Å². The van der Waals surface area contributed by atoms with Crippen molar-refractivity contribution in [3.63, 3.8) is 0 Å². The second kappa shape index (κ2) is 3.67. The normalized spacial score (nSPS) is 10.1. The number of aldehydes is 1. The van der Waals surface area contributed by atoms with Gasteiger partial charge in [0.1, 0.15) is 0 Å². The predicted octanol–water partition coefficient (Wildman–Crippen LogP) is 2.33. The average Bonchev–Trinajstić information content (AvgIpc) is 2.66. The highest BCUT2D eigenvalue weighted by atomic mass is 32.1. The van der Waals surface area contributed by atoms with E-state index >= 15 is 0 Å². The molecular formula is C10H8N2OS. The lowest BCUT2D eigenvalue weighted by molar-refractivity contribution is 0.112. The van der Waals surface area contributed by atoms with Crippen molar-refractivity contribution in [1.82, 2.24) is 9.97 Å². The van der Waals surface area contributed by atoms with Crippen molar-refractivity contribution < 1.29 is 4.79 Å². The van der Waals surface area contributed by atoms with Gasteiger partial charge in [0.15, 0.2) is 11.3 Å². The summed E-state index contributed by atoms with van der Waals surface area (Å²) in [5.74, 6) is 0. The van der Waals surface area contributed by atoms with Crippen LogP contribution in [0.5, 0.6) is 0 Å². The summed E-state index contributed by atoms with van der Waals surface area (Å²) >= 11 is 1.35. The maximum absolute atomic E-state index is 10.4. The molecule has 70 valence electrons. The van der Waals surface area contributed by atoms with Gasteiger partial charge >= 0.3 is 0 Å². The van der Waals surface area contributed by atoms with Crippen LogP contribution in [0.25, 0.3) is 10.6 Å². The van der Waals surface area contributed by atoms with E-state index < -0.39 is 0 Å². The van der Waals surface area contributed by atoms with E-state index in [1.165, 1.54) is 11.3 Å². The van der Waals surface area contributed by atoms with E-state index in [-0.39, 0.29) is 0 Å². The Bertz CT molecular complexity index is 465. The van der Waals surface area contributed by atoms with Gasteiger partial charge in [0.05, 0.1) is 10.6 Å². The molecule has 0 aromatic carbocycles. The number of carbonyl (C=O) groups is 1. The molecule has 0 amide bonds. The summed E-state index contributed by atoms with van der Waals surface area (Å²) in [6.07, 6.45) is 2.43. The van der Waals surface area contributed by atoms with Gasteiger partial charge in [-0.05, 0) is 19.1 Å². The number of pyridine rings is 1. The number of thiazole rings is 1. The molecule has 0 spiro atoms. The van der Waals surface area contributed by atoms with E-state index in [0.717, 1.165) is 22.6 Å². The third kappa shape index (κ3) is 1.70. The smallest absolute Gasteiger partial charge is 0.178 e. The maximum Gasteiger partial charge on any atom is 0.178 e. The van der Waals surface area contributed by atoms with Crippen LogP contribution in [-0.4, -0.2) is 16.3 Å². The van der Waals surface area contributed by atoms with Crippen molar-refractivity contribution in [2.75, 3.05) is 0 Å². The van der Waals surface area contributed by atoms with Crippen LogP contribution in [0.3, 0.4) is 0 Å². The number of hydrogen-bond donors (Lipinski definition) is 0. The molecule has 0 radical (unpaired) electrons. The van der Waals surface area contributed by atoms with Gasteiger partial charge < -0.3 is 0 Å². The Morgan fingerprint density at radius 1 is 1.43 bits per heavy atom. The molecule has 2 rings (SSSR count). The molecular weight excluding hydrogens is 196 g/mol. The lowest BCUT2D eigenvalue weighted by Crippen LogP contribution is -1.82. The third-order valence-corrected chi connectivity index (χ3v) is 2.71. The Morgan fingerprint density at radius 2 is 2.29 bits per heavy atom. The van der Waals surface area contributed by atoms with Gasteiger partial charge in [0, 0.05) is 11.9 Å². The highest BCUT2D eigenvalue weighted by Gasteiger charge is 2.04. The number of hydrogen-bond acceptors (Lipinski definition) is 4. The third-order valence-electron chi connectivity index (χ3n) is 1.77. The van der Waals surface area contributed by atoms with E-state index in [9.17, 15) is 4.79 Å². The summed E-state index contributed by atoms with van der Waals surface area (Å²) < 4.78 is 0. The fourth-order valence-corrected chi connectivity index (χ4v) is 1.84. The van der Waals surface area contributed by atoms with Crippen molar-refractivity contribution in [3.05, 3.63) is 35.1 Å². The molecule has 0 unspecified atom stereocenters. The van der Waals surface area contributed by atoms with E-state index in [2.05, 4.69) is 9.97 Å². The fourth-order valence-electron chi connectivity index (χ4n) is 1.14. The average molecular weight is 204 g/mol. The highest BCUT2D eigenvalue weighted by Crippen LogP contribution is 2.23. The van der Waals surface area contributed by atoms with Gasteiger partial charge in [-0.15, -0.1) is 11.3 Å². The minimum absolute atomic E-state index is 0.489. The van der Waals surface area contributed by atoms with Crippen LogP contribution in [0.15, 0.2) is 24.4 Å². The van der Waals surface area contributed by atoms with Gasteiger partial charge in [-0.1, -0.05) is 6.07 Å². The number of rotatable bonds is 2. The first-order valence-electron chi connectivity index (χ1n) is 4.14. The second-order valence-electron chi connectivity index (χ2n) is 2.84. The minimum Gasteiger partial charge on any atom is -0.295 e. The van der Waals surface area contributed by atoms with E-state index in [4.69, 9.17) is 0 Å². The van der Waals surface area contributed by atoms with Crippen LogP contribution in [0.4, 0.5) is 0 Å². The van der Waals surface area contributed by atoms with E-state index in [1.54, 1.807) is 6.20 Å². The van der Waals surface area contributed by atoms with Crippen LogP contribution in [-0.2, 0) is 0 Å². The number of aryl methyl sites for hydroxylation is 1. The summed E-state index contributed by atoms with van der Waals surface area (Å²) in [5.41, 5.74) is 1.83. The zero-order valence-electron chi connectivity index (χ0n) is 7.60. The predicted molar refractivity (Wildman–Crippen MR) is 55.5 cm³/mol. The highest BCUT2D eigenvalue weighted by molar-refractivity contribution is 7.16. The van der Waals surface area contributed by atoms with Crippen molar-refractivity contribution in [1.29, 1.82) is 0 Å². The minimum atomic E-state index is 0.489. The first-order chi connectivity index (χ1) is 6.79. The SMILES string of the molecule is Cc1cccc(-c2cnc(C=O)s2)n1. The zero-order valence-corrected chi connectivity index (χ0v) is 8.41. The van der Waals surface area contributed by atoms with E-state index in [1.807, 2.05) is 25.1 Å². The Balaban J connectivity index is 2.43.